The van der Waals surface area contributed by atoms with Crippen molar-refractivity contribution in [1.82, 2.24) is 5.32 Å². The highest BCUT2D eigenvalue weighted by Crippen LogP contribution is 2.41. The largest absolute Gasteiger partial charge is 0.369 e. The third-order valence-electron chi connectivity index (χ3n) is 3.70. The van der Waals surface area contributed by atoms with E-state index in [4.69, 9.17) is 0 Å². The molecule has 2 nitrogen and oxygen atoms in total. The van der Waals surface area contributed by atoms with Crippen molar-refractivity contribution in [2.45, 2.75) is 26.3 Å². The number of benzene rings is 1. The third kappa shape index (κ3) is 1.28. The summed E-state index contributed by atoms with van der Waals surface area (Å²) in [6.45, 7) is 9.10. The molecular weight excluding hydrogens is 184 g/mol. The van der Waals surface area contributed by atoms with Crippen molar-refractivity contribution in [2.75, 3.05) is 24.5 Å². The van der Waals surface area contributed by atoms with Crippen LogP contribution in [0, 0.1) is 6.92 Å². The van der Waals surface area contributed by atoms with Gasteiger partial charge in [0, 0.05) is 37.8 Å². The number of anilines is 1. The van der Waals surface area contributed by atoms with Crippen LogP contribution in [0.25, 0.3) is 0 Å². The van der Waals surface area contributed by atoms with Crippen molar-refractivity contribution in [3.8, 4) is 0 Å². The molecule has 0 spiro atoms. The summed E-state index contributed by atoms with van der Waals surface area (Å²) in [6, 6.07) is 4.57. The molecular formula is C13H18N2. The highest BCUT2D eigenvalue weighted by atomic mass is 15.2. The van der Waals surface area contributed by atoms with Crippen LogP contribution in [-0.2, 0) is 6.54 Å². The minimum Gasteiger partial charge on any atom is -0.369 e. The topological polar surface area (TPSA) is 15.3 Å². The van der Waals surface area contributed by atoms with Crippen molar-refractivity contribution in [2.24, 2.45) is 0 Å². The summed E-state index contributed by atoms with van der Waals surface area (Å²) < 4.78 is 0. The average molecular weight is 202 g/mol. The summed E-state index contributed by atoms with van der Waals surface area (Å²) in [5.41, 5.74) is 6.08. The number of hydrogen-bond acceptors (Lipinski definition) is 2. The second-order valence-electron chi connectivity index (χ2n) is 4.83. The molecule has 2 aliphatic heterocycles. The summed E-state index contributed by atoms with van der Waals surface area (Å²) in [5.74, 6) is 0.707. The first-order valence-electron chi connectivity index (χ1n) is 5.85. The number of nitrogens with zero attached hydrogens (tertiary/aromatic N) is 1. The molecule has 0 saturated heterocycles. The Kier molecular flexibility index (Phi) is 1.99. The van der Waals surface area contributed by atoms with Gasteiger partial charge in [-0.05, 0) is 23.6 Å². The highest BCUT2D eigenvalue weighted by Gasteiger charge is 2.30. The van der Waals surface area contributed by atoms with Crippen molar-refractivity contribution in [1.29, 1.82) is 0 Å². The zero-order valence-electron chi connectivity index (χ0n) is 9.51. The molecule has 1 N–H and O–H groups in total. The Morgan fingerprint density at radius 1 is 1.40 bits per heavy atom. The Labute approximate surface area is 91.3 Å². The van der Waals surface area contributed by atoms with Gasteiger partial charge in [0.2, 0.25) is 0 Å². The molecule has 1 aromatic rings. The first-order chi connectivity index (χ1) is 7.27. The fourth-order valence-electron chi connectivity index (χ4n) is 3.05. The van der Waals surface area contributed by atoms with Crippen LogP contribution in [0.15, 0.2) is 12.1 Å². The molecule has 0 aromatic heterocycles. The standard InChI is InChI=1S/C13H18N2/c1-9-3-4-11-7-14-5-6-15-8-10(2)12(9)13(11)15/h3-4,10,14H,5-8H2,1-2H3/t10-/m1/s1. The molecule has 1 atom stereocenters. The van der Waals surface area contributed by atoms with Gasteiger partial charge < -0.3 is 10.2 Å². The monoisotopic (exact) mass is 202 g/mol. The van der Waals surface area contributed by atoms with E-state index in [1.54, 1.807) is 5.56 Å². The molecule has 80 valence electrons. The van der Waals surface area contributed by atoms with E-state index >= 15 is 0 Å². The van der Waals surface area contributed by atoms with Gasteiger partial charge in [-0.15, -0.1) is 0 Å². The zero-order valence-corrected chi connectivity index (χ0v) is 9.51. The molecule has 0 fully saturated rings. The molecule has 1 aromatic carbocycles. The highest BCUT2D eigenvalue weighted by molar-refractivity contribution is 5.67. The smallest absolute Gasteiger partial charge is 0.0451 e. The maximum absolute atomic E-state index is 3.49. The van der Waals surface area contributed by atoms with Gasteiger partial charge >= 0.3 is 0 Å². The first-order valence-corrected chi connectivity index (χ1v) is 5.85. The Morgan fingerprint density at radius 2 is 2.27 bits per heavy atom. The summed E-state index contributed by atoms with van der Waals surface area (Å²) in [5, 5.41) is 3.49. The lowest BCUT2D eigenvalue weighted by Crippen LogP contribution is -2.27. The lowest BCUT2D eigenvalue weighted by atomic mass is 9.95. The molecule has 0 bridgehead atoms. The predicted molar refractivity (Wildman–Crippen MR) is 63.5 cm³/mol. The Bertz CT molecular complexity index is 398. The van der Waals surface area contributed by atoms with Crippen molar-refractivity contribution in [3.63, 3.8) is 0 Å². The van der Waals surface area contributed by atoms with Crippen LogP contribution in [-0.4, -0.2) is 19.6 Å². The Hall–Kier alpha value is -1.02. The second kappa shape index (κ2) is 3.24. The van der Waals surface area contributed by atoms with Crippen molar-refractivity contribution < 1.29 is 0 Å². The number of rotatable bonds is 0. The van der Waals surface area contributed by atoms with Crippen molar-refractivity contribution in [3.05, 3.63) is 28.8 Å². The molecule has 2 heteroatoms. The van der Waals surface area contributed by atoms with Gasteiger partial charge in [0.15, 0.2) is 0 Å². The normalized spacial score (nSPS) is 23.9. The number of hydrogen-bond donors (Lipinski definition) is 1. The molecule has 0 saturated carbocycles. The summed E-state index contributed by atoms with van der Waals surface area (Å²) >= 11 is 0. The number of aryl methyl sites for hydroxylation is 1. The minimum absolute atomic E-state index is 0.707. The SMILES string of the molecule is Cc1ccc2c3c1[C@H](C)CN3CCNC2. The second-order valence-corrected chi connectivity index (χ2v) is 4.83. The van der Waals surface area contributed by atoms with Gasteiger partial charge in [0.25, 0.3) is 0 Å². The van der Waals surface area contributed by atoms with Gasteiger partial charge in [0.1, 0.15) is 0 Å². The van der Waals surface area contributed by atoms with E-state index in [0.717, 1.165) is 19.6 Å². The first kappa shape index (κ1) is 9.22. The predicted octanol–water partition coefficient (Wildman–Crippen LogP) is 2.02. The van der Waals surface area contributed by atoms with Crippen LogP contribution in [0.5, 0.6) is 0 Å². The summed E-state index contributed by atoms with van der Waals surface area (Å²) in [7, 11) is 0. The molecule has 0 aliphatic carbocycles. The lowest BCUT2D eigenvalue weighted by molar-refractivity contribution is 0.673. The quantitative estimate of drug-likeness (QED) is 0.692. The maximum Gasteiger partial charge on any atom is 0.0451 e. The average Bonchev–Trinajstić information content (AvgIpc) is 2.43. The fourth-order valence-corrected chi connectivity index (χ4v) is 3.05. The van der Waals surface area contributed by atoms with E-state index in [1.165, 1.54) is 23.4 Å². The molecule has 2 heterocycles. The van der Waals surface area contributed by atoms with Gasteiger partial charge in [-0.1, -0.05) is 19.1 Å². The van der Waals surface area contributed by atoms with Crippen LogP contribution >= 0.6 is 0 Å². The van der Waals surface area contributed by atoms with E-state index in [0.29, 0.717) is 5.92 Å². The fraction of sp³-hybridized carbons (Fsp3) is 0.538. The van der Waals surface area contributed by atoms with Crippen LogP contribution in [0.2, 0.25) is 0 Å². The molecule has 0 unspecified atom stereocenters. The van der Waals surface area contributed by atoms with E-state index < -0.39 is 0 Å². The molecule has 2 aliphatic rings. The van der Waals surface area contributed by atoms with Gasteiger partial charge in [0.05, 0.1) is 0 Å². The van der Waals surface area contributed by atoms with Crippen LogP contribution in [0.4, 0.5) is 5.69 Å². The molecule has 0 amide bonds. The maximum atomic E-state index is 3.49. The Balaban J connectivity index is 2.22. The van der Waals surface area contributed by atoms with Crippen molar-refractivity contribution >= 4 is 5.69 Å². The summed E-state index contributed by atoms with van der Waals surface area (Å²) in [4.78, 5) is 2.56. The zero-order chi connectivity index (χ0) is 10.4. The van der Waals surface area contributed by atoms with E-state index in [1.807, 2.05) is 0 Å². The molecule has 0 radical (unpaired) electrons. The van der Waals surface area contributed by atoms with E-state index in [2.05, 4.69) is 36.2 Å². The minimum atomic E-state index is 0.707. The molecule has 3 rings (SSSR count). The van der Waals surface area contributed by atoms with Gasteiger partial charge in [-0.2, -0.15) is 0 Å². The van der Waals surface area contributed by atoms with E-state index in [9.17, 15) is 0 Å². The third-order valence-corrected chi connectivity index (χ3v) is 3.70. The van der Waals surface area contributed by atoms with Crippen LogP contribution < -0.4 is 10.2 Å². The van der Waals surface area contributed by atoms with Gasteiger partial charge in [-0.25, -0.2) is 0 Å². The lowest BCUT2D eigenvalue weighted by Gasteiger charge is -2.18. The molecule has 15 heavy (non-hydrogen) atoms. The van der Waals surface area contributed by atoms with E-state index in [-0.39, 0.29) is 0 Å². The van der Waals surface area contributed by atoms with Gasteiger partial charge in [-0.3, -0.25) is 0 Å². The Morgan fingerprint density at radius 3 is 3.13 bits per heavy atom. The number of nitrogens with one attached hydrogen (secondary N) is 1. The summed E-state index contributed by atoms with van der Waals surface area (Å²) in [6.07, 6.45) is 0. The van der Waals surface area contributed by atoms with Crippen LogP contribution in [0.1, 0.15) is 29.5 Å². The van der Waals surface area contributed by atoms with Crippen LogP contribution in [0.3, 0.4) is 0 Å².